The van der Waals surface area contributed by atoms with Gasteiger partial charge in [0.1, 0.15) is 18.3 Å². The van der Waals surface area contributed by atoms with Crippen molar-refractivity contribution >= 4 is 16.8 Å². The van der Waals surface area contributed by atoms with Crippen molar-refractivity contribution in [2.24, 2.45) is 0 Å². The maximum absolute atomic E-state index is 10.0. The molecule has 0 aromatic heterocycles. The van der Waals surface area contributed by atoms with Gasteiger partial charge in [0.25, 0.3) is 0 Å². The lowest BCUT2D eigenvalue weighted by molar-refractivity contribution is -0.239. The van der Waals surface area contributed by atoms with Gasteiger partial charge in [-0.3, -0.25) is 0 Å². The van der Waals surface area contributed by atoms with Crippen molar-refractivity contribution < 1.29 is 23.8 Å². The smallest absolute Gasteiger partial charge is 0.191 e. The van der Waals surface area contributed by atoms with E-state index in [-0.39, 0.29) is 12.2 Å². The molecule has 0 amide bonds. The van der Waals surface area contributed by atoms with Crippen LogP contribution in [0.3, 0.4) is 0 Å². The van der Waals surface area contributed by atoms with E-state index in [1.807, 2.05) is 27.4 Å². The lowest BCUT2D eigenvalue weighted by atomic mass is 10.0. The third-order valence-corrected chi connectivity index (χ3v) is 3.77. The minimum atomic E-state index is -0.706. The Morgan fingerprint density at radius 1 is 1.29 bits per heavy atom. The summed E-state index contributed by atoms with van der Waals surface area (Å²) in [6.07, 6.45) is -2.25. The number of aliphatic hydroxyl groups is 1. The van der Waals surface area contributed by atoms with E-state index in [4.69, 9.17) is 18.7 Å². The highest BCUT2D eigenvalue weighted by Gasteiger charge is 2.54. The fourth-order valence-electron chi connectivity index (χ4n) is 2.18. The van der Waals surface area contributed by atoms with Crippen LogP contribution in [0, 0.1) is 0 Å². The second kappa shape index (κ2) is 4.97. The molecule has 7 heteroatoms. The van der Waals surface area contributed by atoms with Crippen molar-refractivity contribution in [3.8, 4) is 0 Å². The molecule has 2 aliphatic rings. The summed E-state index contributed by atoms with van der Waals surface area (Å²) in [5.41, 5.74) is 0. The van der Waals surface area contributed by atoms with Crippen molar-refractivity contribution in [1.82, 2.24) is 0 Å². The van der Waals surface area contributed by atoms with Gasteiger partial charge in [0.05, 0.1) is 6.10 Å². The molecule has 2 aliphatic heterocycles. The van der Waals surface area contributed by atoms with E-state index in [9.17, 15) is 5.11 Å². The Kier molecular flexibility index (Phi) is 4.12. The molecular formula is C10H20O5P2. The van der Waals surface area contributed by atoms with E-state index in [1.165, 1.54) is 0 Å². The molecule has 0 bridgehead atoms. The topological polar surface area (TPSA) is 57.2 Å². The molecule has 100 valence electrons. The summed E-state index contributed by atoms with van der Waals surface area (Å²) in [4.78, 5) is 0. The van der Waals surface area contributed by atoms with Crippen molar-refractivity contribution in [2.75, 3.05) is 6.66 Å². The summed E-state index contributed by atoms with van der Waals surface area (Å²) in [5, 5.41) is 10.0. The van der Waals surface area contributed by atoms with Crippen molar-refractivity contribution in [2.45, 2.75) is 57.3 Å². The van der Waals surface area contributed by atoms with Gasteiger partial charge in [-0.2, -0.15) is 0 Å². The van der Waals surface area contributed by atoms with Gasteiger partial charge in [-0.1, -0.05) is 8.93 Å². The number of fused-ring (bicyclic) bond motifs is 1. The lowest BCUT2D eigenvalue weighted by Gasteiger charge is -2.38. The Balaban J connectivity index is 2.14. The zero-order chi connectivity index (χ0) is 12.8. The Morgan fingerprint density at radius 2 is 1.88 bits per heavy atom. The lowest BCUT2D eigenvalue weighted by Crippen LogP contribution is -2.55. The molecule has 1 N–H and O–H groups in total. The van der Waals surface area contributed by atoms with E-state index in [1.54, 1.807) is 0 Å². The minimum Gasteiger partial charge on any atom is -0.388 e. The highest BCUT2D eigenvalue weighted by Crippen LogP contribution is 2.47. The van der Waals surface area contributed by atoms with Crippen LogP contribution < -0.4 is 0 Å². The normalized spacial score (nSPS) is 46.6. The molecule has 2 rings (SSSR count). The Hall–Kier alpha value is 0.660. The largest absolute Gasteiger partial charge is 0.388 e. The van der Waals surface area contributed by atoms with Crippen LogP contribution in [-0.4, -0.2) is 48.3 Å². The highest BCUT2D eigenvalue weighted by atomic mass is 32.0. The van der Waals surface area contributed by atoms with Crippen LogP contribution in [0.25, 0.3) is 0 Å². The van der Waals surface area contributed by atoms with E-state index < -0.39 is 32.1 Å². The summed E-state index contributed by atoms with van der Waals surface area (Å²) in [7, 11) is 1.98. The fourth-order valence-corrected chi connectivity index (χ4v) is 3.03. The van der Waals surface area contributed by atoms with Gasteiger partial charge in [-0.05, 0) is 27.4 Å². The number of rotatable bonds is 2. The molecule has 0 aromatic carbocycles. The van der Waals surface area contributed by atoms with Gasteiger partial charge in [0, 0.05) is 7.84 Å². The SMILES string of the molecule is CC1OC(OP(C)P)C2OC(C)(C)OC2C1O. The van der Waals surface area contributed by atoms with Gasteiger partial charge in [0.2, 0.25) is 0 Å². The second-order valence-corrected chi connectivity index (χ2v) is 8.40. The first-order valence-electron chi connectivity index (χ1n) is 5.64. The maximum Gasteiger partial charge on any atom is 0.191 e. The number of aliphatic hydroxyl groups excluding tert-OH is 1. The quantitative estimate of drug-likeness (QED) is 0.777. The van der Waals surface area contributed by atoms with Crippen LogP contribution in [0.5, 0.6) is 0 Å². The zero-order valence-corrected chi connectivity index (χ0v) is 12.5. The van der Waals surface area contributed by atoms with E-state index >= 15 is 0 Å². The van der Waals surface area contributed by atoms with Gasteiger partial charge >= 0.3 is 0 Å². The molecule has 7 atom stereocenters. The summed E-state index contributed by atoms with van der Waals surface area (Å²) in [6, 6.07) is 0. The molecule has 0 spiro atoms. The molecule has 0 aliphatic carbocycles. The Labute approximate surface area is 105 Å². The minimum absolute atomic E-state index is 0.321. The second-order valence-electron chi connectivity index (χ2n) is 4.92. The first kappa shape index (κ1) is 14.1. The average Bonchev–Trinajstić information content (AvgIpc) is 2.50. The van der Waals surface area contributed by atoms with Crippen LogP contribution in [0.1, 0.15) is 20.8 Å². The molecule has 0 radical (unpaired) electrons. The van der Waals surface area contributed by atoms with Crippen molar-refractivity contribution in [3.63, 3.8) is 0 Å². The molecule has 0 saturated carbocycles. The summed E-state index contributed by atoms with van der Waals surface area (Å²) >= 11 is 0. The Morgan fingerprint density at radius 3 is 2.47 bits per heavy atom. The highest BCUT2D eigenvalue weighted by molar-refractivity contribution is 8.10. The van der Waals surface area contributed by atoms with Gasteiger partial charge < -0.3 is 23.8 Å². The van der Waals surface area contributed by atoms with Crippen LogP contribution in [0.4, 0.5) is 0 Å². The van der Waals surface area contributed by atoms with Crippen LogP contribution >= 0.6 is 16.8 Å². The van der Waals surface area contributed by atoms with E-state index in [2.05, 4.69) is 8.93 Å². The van der Waals surface area contributed by atoms with Crippen LogP contribution in [0.15, 0.2) is 0 Å². The van der Waals surface area contributed by atoms with Crippen molar-refractivity contribution in [1.29, 1.82) is 0 Å². The number of hydrogen-bond acceptors (Lipinski definition) is 5. The van der Waals surface area contributed by atoms with E-state index in [0.717, 1.165) is 0 Å². The maximum atomic E-state index is 10.0. The molecule has 17 heavy (non-hydrogen) atoms. The average molecular weight is 282 g/mol. The third kappa shape index (κ3) is 2.98. The predicted octanol–water partition coefficient (Wildman–Crippen LogP) is 1.45. The van der Waals surface area contributed by atoms with Crippen LogP contribution in [0.2, 0.25) is 0 Å². The molecular weight excluding hydrogens is 262 g/mol. The first-order valence-corrected chi connectivity index (χ1v) is 8.97. The zero-order valence-electron chi connectivity index (χ0n) is 10.5. The van der Waals surface area contributed by atoms with Gasteiger partial charge in [0.15, 0.2) is 12.1 Å². The van der Waals surface area contributed by atoms with Gasteiger partial charge in [-0.15, -0.1) is 0 Å². The molecule has 0 aromatic rings. The fraction of sp³-hybridized carbons (Fsp3) is 1.00. The number of ether oxygens (including phenoxy) is 3. The summed E-state index contributed by atoms with van der Waals surface area (Å²) in [5.74, 6) is -0.706. The predicted molar refractivity (Wildman–Crippen MR) is 67.8 cm³/mol. The molecule has 7 unspecified atom stereocenters. The third-order valence-electron chi connectivity index (χ3n) is 2.87. The molecule has 5 nitrogen and oxygen atoms in total. The summed E-state index contributed by atoms with van der Waals surface area (Å²) < 4.78 is 22.8. The standard InChI is InChI=1S/C10H20O5P2/c1-5-6(11)7-8(14-10(2,3)13-7)9(12-5)15-17(4)16/h5-9,11H,16H2,1-4H3. The van der Waals surface area contributed by atoms with Gasteiger partial charge in [-0.25, -0.2) is 0 Å². The first-order chi connectivity index (χ1) is 7.80. The van der Waals surface area contributed by atoms with Crippen LogP contribution in [-0.2, 0) is 18.7 Å². The summed E-state index contributed by atoms with van der Waals surface area (Å²) in [6.45, 7) is 7.44. The monoisotopic (exact) mass is 282 g/mol. The van der Waals surface area contributed by atoms with Crippen molar-refractivity contribution in [3.05, 3.63) is 0 Å². The molecule has 2 fully saturated rings. The molecule has 2 saturated heterocycles. The van der Waals surface area contributed by atoms with E-state index in [0.29, 0.717) is 0 Å². The molecule has 2 heterocycles. The number of hydrogen-bond donors (Lipinski definition) is 1. The Bertz CT molecular complexity index is 286.